The molecule has 0 amide bonds. The average Bonchev–Trinajstić information content (AvgIpc) is 3.75. The zero-order chi connectivity index (χ0) is 48.6. The van der Waals surface area contributed by atoms with Gasteiger partial charge in [0.1, 0.15) is 25.1 Å². The second-order valence-corrected chi connectivity index (χ2v) is 15.3. The van der Waals surface area contributed by atoms with Crippen LogP contribution < -0.4 is 26.5 Å². The number of ether oxygens (including phenoxy) is 2. The number of alkyl halides is 8. The Kier molecular flexibility index (Phi) is 15.5. The van der Waals surface area contributed by atoms with Crippen molar-refractivity contribution in [2.75, 3.05) is 13.3 Å². The third-order valence-electron chi connectivity index (χ3n) is 11.2. The van der Waals surface area contributed by atoms with E-state index in [0.717, 1.165) is 6.92 Å². The summed E-state index contributed by atoms with van der Waals surface area (Å²) in [5.41, 5.74) is -3.01. The third kappa shape index (κ3) is 10.4. The van der Waals surface area contributed by atoms with Gasteiger partial charge >= 0.3 is 30.3 Å². The van der Waals surface area contributed by atoms with Crippen LogP contribution in [-0.4, -0.2) is 79.9 Å². The predicted molar refractivity (Wildman–Crippen MR) is 232 cm³/mol. The van der Waals surface area contributed by atoms with Crippen molar-refractivity contribution in [2.24, 2.45) is 14.1 Å². The summed E-state index contributed by atoms with van der Waals surface area (Å²) in [6.45, 7) is 1.97. The summed E-state index contributed by atoms with van der Waals surface area (Å²) in [4.78, 5) is 71.6. The summed E-state index contributed by atoms with van der Waals surface area (Å²) in [6, 6.07) is 9.73. The standard InChI is InChI=1S/C44H42F8N6O8.ClH/c1-6-28-34(21-8-10-31-23(12-21)15-27(58(31)5)19-54-25(16-45)17-46)55-38(60)32(36(28)59)40(62)66-41(63)33-37(65-42(64)44(50,51)52)29(7-2)35(56-39(33)61)22-9-11-30-24(13-22)14-26(57(30)4)18-53-20(3)43(47,48)49;/h8-15,20,25,53-54H,6-7,16-19H2,1-5H3,(H,56,61)(H2,55,59,60);1H/t20-;/m0./s1. The molecule has 2 aromatic carbocycles. The number of aromatic nitrogens is 4. The number of rotatable bonds is 15. The third-order valence-corrected chi connectivity index (χ3v) is 11.2. The minimum atomic E-state index is -5.65. The van der Waals surface area contributed by atoms with Gasteiger partial charge in [-0.3, -0.25) is 9.59 Å². The molecule has 6 rings (SSSR count). The van der Waals surface area contributed by atoms with E-state index in [4.69, 9.17) is 4.74 Å². The first-order chi connectivity index (χ1) is 31.0. The van der Waals surface area contributed by atoms with Crippen LogP contribution in [-0.2, 0) is 49.6 Å². The van der Waals surface area contributed by atoms with Gasteiger partial charge in [0.25, 0.3) is 11.1 Å². The molecule has 0 aliphatic rings. The predicted octanol–water partition coefficient (Wildman–Crippen LogP) is 7.54. The molecule has 0 bridgehead atoms. The van der Waals surface area contributed by atoms with Crippen molar-refractivity contribution in [2.45, 2.75) is 71.1 Å². The zero-order valence-corrected chi connectivity index (χ0v) is 37.0. The first kappa shape index (κ1) is 51.5. The molecule has 0 unspecified atom stereocenters. The average molecular weight is 971 g/mol. The van der Waals surface area contributed by atoms with Crippen LogP contribution in [0.5, 0.6) is 11.5 Å². The lowest BCUT2D eigenvalue weighted by atomic mass is 9.99. The second-order valence-electron chi connectivity index (χ2n) is 15.3. The molecule has 0 aliphatic carbocycles. The van der Waals surface area contributed by atoms with Gasteiger partial charge in [0.05, 0.1) is 17.4 Å². The van der Waals surface area contributed by atoms with E-state index in [2.05, 4.69) is 25.3 Å². The lowest BCUT2D eigenvalue weighted by molar-refractivity contribution is -0.189. The fourth-order valence-corrected chi connectivity index (χ4v) is 7.48. The number of pyridine rings is 2. The van der Waals surface area contributed by atoms with E-state index in [-0.39, 0.29) is 66.4 Å². The number of H-pyrrole nitrogens is 2. The lowest BCUT2D eigenvalue weighted by Crippen LogP contribution is -2.39. The number of carbonyl (C=O) groups excluding carboxylic acids is 3. The molecule has 5 N–H and O–H groups in total. The van der Waals surface area contributed by atoms with Gasteiger partial charge in [0.15, 0.2) is 16.9 Å². The number of aromatic hydroxyl groups is 1. The summed E-state index contributed by atoms with van der Waals surface area (Å²) < 4.78 is 119. The van der Waals surface area contributed by atoms with Crippen LogP contribution in [0.4, 0.5) is 35.1 Å². The molecule has 360 valence electrons. The van der Waals surface area contributed by atoms with Crippen LogP contribution in [0, 0.1) is 0 Å². The highest BCUT2D eigenvalue weighted by Crippen LogP contribution is 2.36. The Hall–Kier alpha value is -6.52. The highest BCUT2D eigenvalue weighted by Gasteiger charge is 2.43. The largest absolute Gasteiger partial charge is 0.506 e. The molecule has 0 aliphatic heterocycles. The highest BCUT2D eigenvalue weighted by atomic mass is 35.5. The van der Waals surface area contributed by atoms with Crippen LogP contribution >= 0.6 is 12.4 Å². The molecular formula is C44H43ClF8N6O8. The van der Waals surface area contributed by atoms with Gasteiger partial charge in [-0.2, -0.15) is 26.3 Å². The molecule has 0 fully saturated rings. The number of hydrogen-bond acceptors (Lipinski definition) is 10. The number of esters is 3. The fourth-order valence-electron chi connectivity index (χ4n) is 7.48. The normalized spacial score (nSPS) is 12.4. The number of aromatic amines is 2. The van der Waals surface area contributed by atoms with E-state index in [0.29, 0.717) is 38.8 Å². The number of nitrogens with zero attached hydrogens (tertiary/aromatic N) is 2. The van der Waals surface area contributed by atoms with Crippen molar-refractivity contribution in [3.8, 4) is 34.0 Å². The molecule has 67 heavy (non-hydrogen) atoms. The maximum Gasteiger partial charge on any atom is 0.491 e. The van der Waals surface area contributed by atoms with Crippen LogP contribution in [0.3, 0.4) is 0 Å². The van der Waals surface area contributed by atoms with Gasteiger partial charge < -0.3 is 44.3 Å². The monoisotopic (exact) mass is 970 g/mol. The fraction of sp³-hybridized carbons (Fsp3) is 0.341. The first-order valence-electron chi connectivity index (χ1n) is 20.2. The summed E-state index contributed by atoms with van der Waals surface area (Å²) in [7, 11) is 3.32. The van der Waals surface area contributed by atoms with Crippen LogP contribution in [0.25, 0.3) is 44.3 Å². The molecule has 23 heteroatoms. The number of aryl methyl sites for hydroxylation is 2. The smallest absolute Gasteiger partial charge is 0.491 e. The minimum Gasteiger partial charge on any atom is -0.506 e. The van der Waals surface area contributed by atoms with Crippen LogP contribution in [0.1, 0.15) is 64.0 Å². The maximum atomic E-state index is 13.7. The summed E-state index contributed by atoms with van der Waals surface area (Å²) in [6.07, 6.45) is -10.5. The Morgan fingerprint density at radius 1 is 0.731 bits per heavy atom. The van der Waals surface area contributed by atoms with E-state index in [1.807, 2.05) is 0 Å². The Bertz CT molecular complexity index is 2990. The van der Waals surface area contributed by atoms with Crippen molar-refractivity contribution >= 4 is 52.1 Å². The molecule has 14 nitrogen and oxygen atoms in total. The van der Waals surface area contributed by atoms with Crippen LogP contribution in [0.15, 0.2) is 58.1 Å². The molecule has 4 aromatic heterocycles. The van der Waals surface area contributed by atoms with Crippen molar-refractivity contribution in [3.05, 3.63) is 103 Å². The number of fused-ring (bicyclic) bond motifs is 2. The first-order valence-corrected chi connectivity index (χ1v) is 20.2. The number of benzene rings is 2. The van der Waals surface area contributed by atoms with E-state index in [9.17, 15) is 64.2 Å². The molecule has 1 atom stereocenters. The number of hydrogen-bond donors (Lipinski definition) is 5. The Morgan fingerprint density at radius 2 is 1.19 bits per heavy atom. The quantitative estimate of drug-likeness (QED) is 0.0391. The summed E-state index contributed by atoms with van der Waals surface area (Å²) >= 11 is 0. The Balaban J connectivity index is 0.00000840. The van der Waals surface area contributed by atoms with Gasteiger partial charge in [0.2, 0.25) is 0 Å². The van der Waals surface area contributed by atoms with Crippen LogP contribution in [0.2, 0.25) is 0 Å². The van der Waals surface area contributed by atoms with Gasteiger partial charge in [-0.05, 0) is 67.3 Å². The molecule has 0 spiro atoms. The topological polar surface area (TPSA) is 190 Å². The molecule has 0 saturated heterocycles. The molecule has 0 radical (unpaired) electrons. The number of nitrogens with one attached hydrogen (secondary N) is 4. The molecule has 4 heterocycles. The summed E-state index contributed by atoms with van der Waals surface area (Å²) in [5.74, 6) is -8.78. The SMILES string of the molecule is CCc1c(-c2ccc3c(c2)cc(CNC(CF)CF)n3C)[nH]c(=O)c(C(=O)OC(=O)c2c(OC(=O)C(F)(F)F)c(CC)c(-c3ccc4c(c3)cc(CN[C@@H](C)C(F)(F)F)n4C)[nH]c2=O)c1O.Cl. The highest BCUT2D eigenvalue weighted by molar-refractivity contribution is 6.06. The molecule has 0 saturated carbocycles. The van der Waals surface area contributed by atoms with Gasteiger partial charge in [-0.1, -0.05) is 26.0 Å². The maximum absolute atomic E-state index is 13.7. The van der Waals surface area contributed by atoms with E-state index >= 15 is 0 Å². The minimum absolute atomic E-state index is 0. The summed E-state index contributed by atoms with van der Waals surface area (Å²) in [5, 5.41) is 17.5. The van der Waals surface area contributed by atoms with Gasteiger partial charge in [-0.15, -0.1) is 12.4 Å². The van der Waals surface area contributed by atoms with Gasteiger partial charge in [-0.25, -0.2) is 23.2 Å². The Morgan fingerprint density at radius 3 is 1.66 bits per heavy atom. The van der Waals surface area contributed by atoms with Crippen molar-refractivity contribution in [1.29, 1.82) is 0 Å². The molecular weight excluding hydrogens is 928 g/mol. The number of carbonyl (C=O) groups is 3. The van der Waals surface area contributed by atoms with Crippen molar-refractivity contribution < 1.29 is 64.1 Å². The second kappa shape index (κ2) is 20.1. The Labute approximate surface area is 380 Å². The van der Waals surface area contributed by atoms with E-state index < -0.39 is 89.4 Å². The van der Waals surface area contributed by atoms with Crippen molar-refractivity contribution in [1.82, 2.24) is 29.7 Å². The van der Waals surface area contributed by atoms with Crippen molar-refractivity contribution in [3.63, 3.8) is 0 Å². The molecule has 6 aromatic rings. The number of halogens is 9. The zero-order valence-electron chi connectivity index (χ0n) is 36.1. The van der Waals surface area contributed by atoms with E-state index in [1.165, 1.54) is 31.2 Å². The van der Waals surface area contributed by atoms with Gasteiger partial charge in [0, 0.05) is 71.5 Å². The lowest BCUT2D eigenvalue weighted by Gasteiger charge is -2.18. The van der Waals surface area contributed by atoms with E-state index in [1.54, 1.807) is 54.4 Å².